The van der Waals surface area contributed by atoms with Crippen molar-refractivity contribution in [2.75, 3.05) is 6.61 Å². The molecule has 0 saturated heterocycles. The highest BCUT2D eigenvalue weighted by Crippen LogP contribution is 2.46. The fourth-order valence-corrected chi connectivity index (χ4v) is 5.42. The number of pyridine rings is 2. The smallest absolute Gasteiger partial charge is 0.231 e. The molecule has 8 nitrogen and oxygen atoms in total. The number of halogens is 1. The van der Waals surface area contributed by atoms with E-state index in [2.05, 4.69) is 4.98 Å². The van der Waals surface area contributed by atoms with Crippen LogP contribution in [0.15, 0.2) is 67.0 Å². The summed E-state index contributed by atoms with van der Waals surface area (Å²) >= 11 is 0. The number of ketones is 1. The first-order valence-corrected chi connectivity index (χ1v) is 14.7. The Morgan fingerprint density at radius 2 is 1.89 bits per heavy atom. The number of aliphatic hydroxyl groups is 1. The second-order valence-electron chi connectivity index (χ2n) is 12.1. The number of aryl methyl sites for hydroxylation is 1. The zero-order valence-electron chi connectivity index (χ0n) is 24.9. The summed E-state index contributed by atoms with van der Waals surface area (Å²) in [6.07, 6.45) is 5.69. The van der Waals surface area contributed by atoms with E-state index >= 15 is 0 Å². The summed E-state index contributed by atoms with van der Waals surface area (Å²) in [5, 5.41) is 11.7. The van der Waals surface area contributed by atoms with E-state index < -0.39 is 22.7 Å². The van der Waals surface area contributed by atoms with Crippen molar-refractivity contribution < 1.29 is 28.6 Å². The van der Waals surface area contributed by atoms with Gasteiger partial charge in [-0.2, -0.15) is 0 Å². The second-order valence-corrected chi connectivity index (χ2v) is 12.1. The number of rotatable bonds is 10. The van der Waals surface area contributed by atoms with Gasteiger partial charge < -0.3 is 20.3 Å². The van der Waals surface area contributed by atoms with Crippen LogP contribution in [0, 0.1) is 12.7 Å². The van der Waals surface area contributed by atoms with Crippen molar-refractivity contribution in [3.8, 4) is 33.9 Å². The molecule has 1 saturated carbocycles. The lowest BCUT2D eigenvalue weighted by molar-refractivity contribution is -0.123. The van der Waals surface area contributed by atoms with Crippen molar-refractivity contribution in [1.82, 2.24) is 9.97 Å². The normalized spacial score (nSPS) is 18.7. The third-order valence-corrected chi connectivity index (χ3v) is 8.58. The summed E-state index contributed by atoms with van der Waals surface area (Å²) in [4.78, 5) is 34.9. The highest BCUT2D eigenvalue weighted by atomic mass is 19.1. The van der Waals surface area contributed by atoms with Gasteiger partial charge in [-0.1, -0.05) is 6.07 Å². The Morgan fingerprint density at radius 1 is 1.14 bits per heavy atom. The van der Waals surface area contributed by atoms with Crippen molar-refractivity contribution >= 4 is 11.7 Å². The SMILES string of the molecule is Cc1ccncc1-c1ccc(C(=O)CC[C@](C)(O)c2cc3c(c(-c4ccc(F)cc4)n2)OC[C@]3(C)C(N)=O)cc1OC1CC1. The molecule has 0 bridgehead atoms. The lowest BCUT2D eigenvalue weighted by Crippen LogP contribution is -2.40. The number of Topliss-reactive ketones (excluding diaryl/α,β-unsaturated/α-hetero) is 1. The summed E-state index contributed by atoms with van der Waals surface area (Å²) in [6, 6.07) is 14.7. The number of primary amides is 1. The van der Waals surface area contributed by atoms with Crippen LogP contribution < -0.4 is 15.2 Å². The molecule has 226 valence electrons. The van der Waals surface area contributed by atoms with E-state index in [0.29, 0.717) is 33.9 Å². The summed E-state index contributed by atoms with van der Waals surface area (Å²) in [5.74, 6) is -0.158. The van der Waals surface area contributed by atoms with E-state index in [1.54, 1.807) is 56.6 Å². The number of hydrogen-bond acceptors (Lipinski definition) is 7. The first-order chi connectivity index (χ1) is 21.0. The van der Waals surface area contributed by atoms with Gasteiger partial charge in [0.05, 0.1) is 11.8 Å². The molecule has 2 aromatic carbocycles. The maximum absolute atomic E-state index is 13.7. The quantitative estimate of drug-likeness (QED) is 0.222. The largest absolute Gasteiger partial charge is 0.490 e. The van der Waals surface area contributed by atoms with Gasteiger partial charge in [-0.25, -0.2) is 9.37 Å². The number of aromatic nitrogens is 2. The maximum atomic E-state index is 13.7. The standard InChI is InChI=1S/C35H34FN3O5/c1-20-13-15-38-18-26(20)25-11-6-22(16-29(25)44-24-9-10-24)28(40)12-14-35(3,42)30-17-27-32(43-19-34(27,2)33(37)41)31(39-30)21-4-7-23(36)8-5-21/h4-8,11,13,15-18,24,42H,9-10,12,14,19H2,1-3H3,(H2,37,41)/t34-,35-/m0/s1. The average Bonchev–Trinajstić information content (AvgIpc) is 3.76. The minimum Gasteiger partial charge on any atom is -0.490 e. The topological polar surface area (TPSA) is 125 Å². The lowest BCUT2D eigenvalue weighted by atomic mass is 9.81. The van der Waals surface area contributed by atoms with Crippen molar-refractivity contribution in [2.45, 2.75) is 63.6 Å². The van der Waals surface area contributed by atoms with Gasteiger partial charge in [0.2, 0.25) is 5.91 Å². The van der Waals surface area contributed by atoms with Gasteiger partial charge in [0, 0.05) is 46.6 Å². The van der Waals surface area contributed by atoms with E-state index in [4.69, 9.17) is 20.2 Å². The van der Waals surface area contributed by atoms with Crippen LogP contribution >= 0.6 is 0 Å². The van der Waals surface area contributed by atoms with Gasteiger partial charge in [-0.15, -0.1) is 0 Å². The third kappa shape index (κ3) is 5.55. The molecule has 44 heavy (non-hydrogen) atoms. The van der Waals surface area contributed by atoms with Crippen molar-refractivity contribution in [1.29, 1.82) is 0 Å². The molecule has 1 fully saturated rings. The number of nitrogens with zero attached hydrogens (tertiary/aromatic N) is 2. The van der Waals surface area contributed by atoms with Gasteiger partial charge >= 0.3 is 0 Å². The molecule has 0 radical (unpaired) electrons. The van der Waals surface area contributed by atoms with E-state index in [9.17, 15) is 19.1 Å². The molecule has 2 atom stereocenters. The molecule has 9 heteroatoms. The fourth-order valence-electron chi connectivity index (χ4n) is 5.42. The lowest BCUT2D eigenvalue weighted by Gasteiger charge is -2.26. The Labute approximate surface area is 255 Å². The summed E-state index contributed by atoms with van der Waals surface area (Å²) in [6.45, 7) is 5.27. The first kappa shape index (κ1) is 29.4. The summed E-state index contributed by atoms with van der Waals surface area (Å²) < 4.78 is 25.8. The molecule has 2 aliphatic rings. The minimum atomic E-state index is -1.55. The Hall–Kier alpha value is -4.63. The van der Waals surface area contributed by atoms with Crippen LogP contribution in [0.25, 0.3) is 22.4 Å². The predicted molar refractivity (Wildman–Crippen MR) is 163 cm³/mol. The number of nitrogens with two attached hydrogens (primary N) is 1. The van der Waals surface area contributed by atoms with E-state index in [-0.39, 0.29) is 37.0 Å². The van der Waals surface area contributed by atoms with Gasteiger partial charge in [0.15, 0.2) is 5.78 Å². The van der Waals surface area contributed by atoms with Crippen LogP contribution in [0.3, 0.4) is 0 Å². The molecule has 4 aromatic rings. The number of amides is 1. The van der Waals surface area contributed by atoms with Crippen LogP contribution in [0.4, 0.5) is 4.39 Å². The Balaban J connectivity index is 1.30. The van der Waals surface area contributed by atoms with Gasteiger partial charge in [-0.05, 0) is 94.1 Å². The molecule has 3 heterocycles. The summed E-state index contributed by atoms with van der Waals surface area (Å²) in [7, 11) is 0. The third-order valence-electron chi connectivity index (χ3n) is 8.58. The molecular weight excluding hydrogens is 561 g/mol. The molecule has 1 amide bonds. The van der Waals surface area contributed by atoms with Crippen LogP contribution in [-0.2, 0) is 15.8 Å². The molecule has 0 unspecified atom stereocenters. The first-order valence-electron chi connectivity index (χ1n) is 14.7. The molecule has 3 N–H and O–H groups in total. The summed E-state index contributed by atoms with van der Waals surface area (Å²) in [5.41, 5.74) is 8.06. The number of ether oxygens (including phenoxy) is 2. The van der Waals surface area contributed by atoms with E-state index in [1.807, 2.05) is 19.1 Å². The Kier molecular flexibility index (Phi) is 7.45. The number of fused-ring (bicyclic) bond motifs is 1. The zero-order valence-corrected chi connectivity index (χ0v) is 24.9. The molecule has 6 rings (SSSR count). The molecule has 2 aromatic heterocycles. The molecule has 1 aliphatic carbocycles. The van der Waals surface area contributed by atoms with E-state index in [0.717, 1.165) is 29.5 Å². The number of carbonyl (C=O) groups is 2. The highest BCUT2D eigenvalue weighted by molar-refractivity contribution is 5.97. The zero-order chi connectivity index (χ0) is 31.2. The molecule has 0 spiro atoms. The Bertz CT molecular complexity index is 1770. The molecular formula is C35H34FN3O5. The van der Waals surface area contributed by atoms with Crippen molar-refractivity contribution in [3.05, 3.63) is 95.2 Å². The van der Waals surface area contributed by atoms with Gasteiger partial charge in [-0.3, -0.25) is 14.6 Å². The number of carbonyl (C=O) groups excluding carboxylic acids is 2. The highest BCUT2D eigenvalue weighted by Gasteiger charge is 2.45. The van der Waals surface area contributed by atoms with Gasteiger partial charge in [0.25, 0.3) is 0 Å². The average molecular weight is 596 g/mol. The number of hydrogen-bond donors (Lipinski definition) is 2. The van der Waals surface area contributed by atoms with E-state index in [1.165, 1.54) is 12.1 Å². The van der Waals surface area contributed by atoms with Crippen LogP contribution in [0.5, 0.6) is 11.5 Å². The number of benzene rings is 2. The Morgan fingerprint density at radius 3 is 2.57 bits per heavy atom. The van der Waals surface area contributed by atoms with Gasteiger partial charge in [0.1, 0.15) is 40.6 Å². The predicted octanol–water partition coefficient (Wildman–Crippen LogP) is 5.81. The van der Waals surface area contributed by atoms with Crippen LogP contribution in [-0.4, -0.2) is 39.5 Å². The second kappa shape index (κ2) is 11.1. The van der Waals surface area contributed by atoms with Crippen molar-refractivity contribution in [2.24, 2.45) is 5.73 Å². The minimum absolute atomic E-state index is 0.0114. The van der Waals surface area contributed by atoms with Crippen LogP contribution in [0.2, 0.25) is 0 Å². The van der Waals surface area contributed by atoms with Crippen LogP contribution in [0.1, 0.15) is 66.7 Å². The molecule has 1 aliphatic heterocycles. The fraction of sp³-hybridized carbons (Fsp3) is 0.314. The van der Waals surface area contributed by atoms with Crippen molar-refractivity contribution in [3.63, 3.8) is 0 Å². The monoisotopic (exact) mass is 595 g/mol. The maximum Gasteiger partial charge on any atom is 0.231 e.